The second kappa shape index (κ2) is 8.85. The number of benzene rings is 1. The summed E-state index contributed by atoms with van der Waals surface area (Å²) in [6, 6.07) is 11.3. The monoisotopic (exact) mass is 365 g/mol. The molecule has 24 heavy (non-hydrogen) atoms. The lowest BCUT2D eigenvalue weighted by Crippen LogP contribution is -2.37. The lowest BCUT2D eigenvalue weighted by Gasteiger charge is -2.25. The molecule has 1 aromatic heterocycles. The van der Waals surface area contributed by atoms with E-state index in [1.165, 1.54) is 7.11 Å². The SMILES string of the molecule is COC(=O)C(C)CN(Cc1ccccc1Cl)C(=O)Cc1cccs1. The van der Waals surface area contributed by atoms with E-state index in [1.54, 1.807) is 29.2 Å². The van der Waals surface area contributed by atoms with Crippen molar-refractivity contribution in [3.8, 4) is 0 Å². The van der Waals surface area contributed by atoms with E-state index in [4.69, 9.17) is 16.3 Å². The minimum atomic E-state index is -0.398. The van der Waals surface area contributed by atoms with Crippen molar-refractivity contribution in [2.75, 3.05) is 13.7 Å². The maximum atomic E-state index is 12.7. The molecule has 2 aromatic rings. The highest BCUT2D eigenvalue weighted by atomic mass is 35.5. The number of carbonyl (C=O) groups is 2. The quantitative estimate of drug-likeness (QED) is 0.701. The third-order valence-corrected chi connectivity index (χ3v) is 4.92. The molecule has 1 heterocycles. The minimum Gasteiger partial charge on any atom is -0.469 e. The Balaban J connectivity index is 2.15. The van der Waals surface area contributed by atoms with Crippen molar-refractivity contribution in [2.24, 2.45) is 5.92 Å². The minimum absolute atomic E-state index is 0.0341. The first-order valence-electron chi connectivity index (χ1n) is 7.62. The van der Waals surface area contributed by atoms with Crippen LogP contribution >= 0.6 is 22.9 Å². The molecule has 1 aromatic carbocycles. The van der Waals surface area contributed by atoms with E-state index in [0.717, 1.165) is 10.4 Å². The van der Waals surface area contributed by atoms with Crippen LogP contribution in [0.15, 0.2) is 41.8 Å². The molecular formula is C18H20ClNO3S. The average molecular weight is 366 g/mol. The second-order valence-electron chi connectivity index (χ2n) is 5.55. The standard InChI is InChI=1S/C18H20ClNO3S/c1-13(18(22)23-2)11-20(12-14-6-3-4-8-16(14)19)17(21)10-15-7-5-9-24-15/h3-9,13H,10-12H2,1-2H3. The summed E-state index contributed by atoms with van der Waals surface area (Å²) in [5.74, 6) is -0.763. The Labute approximate surface area is 151 Å². The number of esters is 1. The van der Waals surface area contributed by atoms with Crippen molar-refractivity contribution < 1.29 is 14.3 Å². The fourth-order valence-electron chi connectivity index (χ4n) is 2.37. The van der Waals surface area contributed by atoms with Crippen LogP contribution in [0.5, 0.6) is 0 Å². The van der Waals surface area contributed by atoms with Crippen LogP contribution in [0.25, 0.3) is 0 Å². The summed E-state index contributed by atoms with van der Waals surface area (Å²) < 4.78 is 4.77. The van der Waals surface area contributed by atoms with Gasteiger partial charge in [0.2, 0.25) is 5.91 Å². The predicted octanol–water partition coefficient (Wildman–Crippen LogP) is 3.78. The molecule has 6 heteroatoms. The van der Waals surface area contributed by atoms with Gasteiger partial charge in [-0.15, -0.1) is 11.3 Å². The number of amides is 1. The van der Waals surface area contributed by atoms with Gasteiger partial charge >= 0.3 is 5.97 Å². The highest BCUT2D eigenvalue weighted by Crippen LogP contribution is 2.19. The number of rotatable bonds is 7. The largest absolute Gasteiger partial charge is 0.469 e. The smallest absolute Gasteiger partial charge is 0.310 e. The number of methoxy groups -OCH3 is 1. The number of hydrogen-bond acceptors (Lipinski definition) is 4. The molecule has 0 fully saturated rings. The summed E-state index contributed by atoms with van der Waals surface area (Å²) in [5.41, 5.74) is 0.857. The van der Waals surface area contributed by atoms with Gasteiger partial charge in [0, 0.05) is 23.0 Å². The normalized spacial score (nSPS) is 11.8. The molecular weight excluding hydrogens is 346 g/mol. The second-order valence-corrected chi connectivity index (χ2v) is 6.99. The predicted molar refractivity (Wildman–Crippen MR) is 96.1 cm³/mol. The molecule has 0 saturated heterocycles. The lowest BCUT2D eigenvalue weighted by molar-refractivity contribution is -0.146. The molecule has 0 radical (unpaired) electrons. The number of ether oxygens (including phenoxy) is 1. The van der Waals surface area contributed by atoms with Crippen LogP contribution in [0.3, 0.4) is 0 Å². The van der Waals surface area contributed by atoms with Crippen LogP contribution in [0.4, 0.5) is 0 Å². The van der Waals surface area contributed by atoms with Crippen molar-refractivity contribution in [2.45, 2.75) is 19.9 Å². The van der Waals surface area contributed by atoms with E-state index in [9.17, 15) is 9.59 Å². The van der Waals surface area contributed by atoms with Crippen LogP contribution in [0.1, 0.15) is 17.4 Å². The number of carbonyl (C=O) groups excluding carboxylic acids is 2. The van der Waals surface area contributed by atoms with Crippen molar-refractivity contribution in [3.63, 3.8) is 0 Å². The summed E-state index contributed by atoms with van der Waals surface area (Å²) in [7, 11) is 1.35. The number of hydrogen-bond donors (Lipinski definition) is 0. The molecule has 2 rings (SSSR count). The van der Waals surface area contributed by atoms with Gasteiger partial charge in [-0.2, -0.15) is 0 Å². The topological polar surface area (TPSA) is 46.6 Å². The van der Waals surface area contributed by atoms with Gasteiger partial charge in [-0.1, -0.05) is 42.8 Å². The van der Waals surface area contributed by atoms with Gasteiger partial charge in [0.15, 0.2) is 0 Å². The first-order chi connectivity index (χ1) is 11.5. The molecule has 0 saturated carbocycles. The van der Waals surface area contributed by atoms with E-state index in [2.05, 4.69) is 0 Å². The van der Waals surface area contributed by atoms with Crippen molar-refractivity contribution in [1.29, 1.82) is 0 Å². The summed E-state index contributed by atoms with van der Waals surface area (Å²) in [6.45, 7) is 2.41. The summed E-state index contributed by atoms with van der Waals surface area (Å²) in [4.78, 5) is 27.1. The third-order valence-electron chi connectivity index (χ3n) is 3.68. The average Bonchev–Trinajstić information content (AvgIpc) is 3.08. The Bertz CT molecular complexity index is 687. The summed E-state index contributed by atoms with van der Waals surface area (Å²) in [5, 5.41) is 2.55. The fraction of sp³-hybridized carbons (Fsp3) is 0.333. The first kappa shape index (κ1) is 18.5. The van der Waals surface area contributed by atoms with Crippen LogP contribution in [0.2, 0.25) is 5.02 Å². The Hall–Kier alpha value is -1.85. The molecule has 4 nitrogen and oxygen atoms in total. The number of nitrogens with zero attached hydrogens (tertiary/aromatic N) is 1. The maximum absolute atomic E-state index is 12.7. The molecule has 0 aliphatic rings. The Morgan fingerprint density at radius 1 is 1.25 bits per heavy atom. The van der Waals surface area contributed by atoms with Crippen molar-refractivity contribution in [1.82, 2.24) is 4.90 Å². The molecule has 0 aliphatic carbocycles. The van der Waals surface area contributed by atoms with Gasteiger partial charge in [-0.25, -0.2) is 0 Å². The van der Waals surface area contributed by atoms with Gasteiger partial charge in [0.25, 0.3) is 0 Å². The zero-order valence-corrected chi connectivity index (χ0v) is 15.3. The van der Waals surface area contributed by atoms with Crippen LogP contribution < -0.4 is 0 Å². The highest BCUT2D eigenvalue weighted by Gasteiger charge is 2.22. The van der Waals surface area contributed by atoms with Gasteiger partial charge in [-0.05, 0) is 23.1 Å². The van der Waals surface area contributed by atoms with E-state index >= 15 is 0 Å². The van der Waals surface area contributed by atoms with Gasteiger partial charge < -0.3 is 9.64 Å². The van der Waals surface area contributed by atoms with Gasteiger partial charge in [0.1, 0.15) is 0 Å². The third kappa shape index (κ3) is 5.08. The van der Waals surface area contributed by atoms with E-state index in [-0.39, 0.29) is 11.9 Å². The molecule has 0 N–H and O–H groups in total. The van der Waals surface area contributed by atoms with Crippen LogP contribution in [-0.2, 0) is 27.3 Å². The molecule has 1 atom stereocenters. The number of halogens is 1. The van der Waals surface area contributed by atoms with Crippen LogP contribution in [-0.4, -0.2) is 30.4 Å². The zero-order valence-electron chi connectivity index (χ0n) is 13.7. The van der Waals surface area contributed by atoms with E-state index in [0.29, 0.717) is 24.5 Å². The van der Waals surface area contributed by atoms with Crippen molar-refractivity contribution in [3.05, 3.63) is 57.2 Å². The molecule has 0 bridgehead atoms. The zero-order chi connectivity index (χ0) is 17.5. The Morgan fingerprint density at radius 2 is 2.00 bits per heavy atom. The first-order valence-corrected chi connectivity index (χ1v) is 8.88. The lowest BCUT2D eigenvalue weighted by atomic mass is 10.1. The van der Waals surface area contributed by atoms with Crippen molar-refractivity contribution >= 4 is 34.8 Å². The Morgan fingerprint density at radius 3 is 2.62 bits per heavy atom. The fourth-order valence-corrected chi connectivity index (χ4v) is 3.26. The summed E-state index contributed by atoms with van der Waals surface area (Å²) in [6.07, 6.45) is 0.315. The molecule has 128 valence electrons. The number of thiophene rings is 1. The molecule has 1 amide bonds. The summed E-state index contributed by atoms with van der Waals surface area (Å²) >= 11 is 7.76. The van der Waals surface area contributed by atoms with Gasteiger partial charge in [0.05, 0.1) is 19.4 Å². The van der Waals surface area contributed by atoms with E-state index < -0.39 is 5.92 Å². The maximum Gasteiger partial charge on any atom is 0.310 e. The van der Waals surface area contributed by atoms with Gasteiger partial charge in [-0.3, -0.25) is 9.59 Å². The molecule has 0 aliphatic heterocycles. The van der Waals surface area contributed by atoms with Crippen LogP contribution in [0, 0.1) is 5.92 Å². The van der Waals surface area contributed by atoms with E-state index in [1.807, 2.05) is 35.7 Å². The molecule has 0 spiro atoms. The highest BCUT2D eigenvalue weighted by molar-refractivity contribution is 7.10. The molecule has 1 unspecified atom stereocenters. The Kier molecular flexibility index (Phi) is 6.82.